The number of aromatic carboxylic acids is 1. The van der Waals surface area contributed by atoms with Gasteiger partial charge in [0.2, 0.25) is 0 Å². The van der Waals surface area contributed by atoms with E-state index in [0.717, 1.165) is 29.9 Å². The largest absolute Gasteiger partial charge is 0.478 e. The van der Waals surface area contributed by atoms with Gasteiger partial charge in [0, 0.05) is 11.3 Å². The lowest BCUT2D eigenvalue weighted by atomic mass is 10.2. The van der Waals surface area contributed by atoms with Crippen molar-refractivity contribution >= 4 is 28.3 Å². The lowest BCUT2D eigenvalue weighted by molar-refractivity contribution is 0.0699. The molecule has 21 heavy (non-hydrogen) atoms. The maximum atomic E-state index is 11.4. The summed E-state index contributed by atoms with van der Waals surface area (Å²) in [6.07, 6.45) is 2.26. The highest BCUT2D eigenvalue weighted by Crippen LogP contribution is 2.41. The number of hydrogen-bond donors (Lipinski definition) is 1. The van der Waals surface area contributed by atoms with E-state index in [0.29, 0.717) is 18.0 Å². The first kappa shape index (κ1) is 12.5. The Morgan fingerprint density at radius 2 is 2.29 bits per heavy atom. The van der Waals surface area contributed by atoms with Crippen molar-refractivity contribution in [1.82, 2.24) is 14.5 Å². The Balaban J connectivity index is 1.92. The summed E-state index contributed by atoms with van der Waals surface area (Å²) in [5.41, 5.74) is 4.54. The van der Waals surface area contributed by atoms with Crippen LogP contribution in [0.2, 0.25) is 0 Å². The molecule has 2 heterocycles. The molecule has 1 aliphatic carbocycles. The molecule has 0 bridgehead atoms. The van der Waals surface area contributed by atoms with E-state index in [-0.39, 0.29) is 5.56 Å². The number of carbonyl (C=O) groups is 1. The van der Waals surface area contributed by atoms with Crippen molar-refractivity contribution < 1.29 is 9.90 Å². The van der Waals surface area contributed by atoms with E-state index in [2.05, 4.69) is 14.5 Å². The van der Waals surface area contributed by atoms with Crippen molar-refractivity contribution in [3.05, 3.63) is 46.2 Å². The van der Waals surface area contributed by atoms with Crippen LogP contribution < -0.4 is 0 Å². The van der Waals surface area contributed by atoms with Crippen LogP contribution in [0.5, 0.6) is 0 Å². The van der Waals surface area contributed by atoms with Gasteiger partial charge in [0.05, 0.1) is 28.8 Å². The first-order valence-corrected chi connectivity index (χ1v) is 7.78. The van der Waals surface area contributed by atoms with Gasteiger partial charge in [-0.1, -0.05) is 6.07 Å². The molecule has 1 aromatic carbocycles. The predicted molar refractivity (Wildman–Crippen MR) is 79.9 cm³/mol. The molecule has 0 amide bonds. The number of nitrogens with zero attached hydrogens (tertiary/aromatic N) is 3. The van der Waals surface area contributed by atoms with E-state index < -0.39 is 5.97 Å². The van der Waals surface area contributed by atoms with Gasteiger partial charge in [0.15, 0.2) is 0 Å². The van der Waals surface area contributed by atoms with Gasteiger partial charge < -0.3 is 9.67 Å². The van der Waals surface area contributed by atoms with Crippen molar-refractivity contribution in [1.29, 1.82) is 0 Å². The summed E-state index contributed by atoms with van der Waals surface area (Å²) < 4.78 is 2.12. The average molecular weight is 299 g/mol. The standard InChI is InChI=1S/C15H13N3O2S/c19-15(20)11-2-1-3-12-13(11)17-14(9-4-5-9)18(12)6-10-7-21-8-16-10/h1-3,7-9H,4-6H2,(H,19,20). The summed E-state index contributed by atoms with van der Waals surface area (Å²) in [7, 11) is 0. The van der Waals surface area contributed by atoms with Crippen molar-refractivity contribution in [2.24, 2.45) is 0 Å². The van der Waals surface area contributed by atoms with Gasteiger partial charge in [-0.25, -0.2) is 14.8 Å². The minimum absolute atomic E-state index is 0.270. The molecule has 0 saturated heterocycles. The van der Waals surface area contributed by atoms with Crippen LogP contribution in [0.25, 0.3) is 11.0 Å². The minimum atomic E-state index is -0.929. The molecular formula is C15H13N3O2S. The van der Waals surface area contributed by atoms with Gasteiger partial charge >= 0.3 is 5.97 Å². The highest BCUT2D eigenvalue weighted by molar-refractivity contribution is 7.07. The zero-order valence-corrected chi connectivity index (χ0v) is 12.0. The molecule has 5 nitrogen and oxygen atoms in total. The molecule has 1 aliphatic rings. The lowest BCUT2D eigenvalue weighted by Gasteiger charge is -2.06. The van der Waals surface area contributed by atoms with Crippen LogP contribution in [-0.2, 0) is 6.54 Å². The Morgan fingerprint density at radius 3 is 2.95 bits per heavy atom. The molecule has 6 heteroatoms. The Bertz CT molecular complexity index is 819. The number of benzene rings is 1. The number of rotatable bonds is 4. The van der Waals surface area contributed by atoms with Gasteiger partial charge in [-0.15, -0.1) is 11.3 Å². The maximum absolute atomic E-state index is 11.4. The molecule has 1 N–H and O–H groups in total. The Morgan fingerprint density at radius 1 is 1.43 bits per heavy atom. The van der Waals surface area contributed by atoms with Crippen LogP contribution in [-0.4, -0.2) is 25.6 Å². The molecule has 1 saturated carbocycles. The number of imidazole rings is 1. The SMILES string of the molecule is O=C(O)c1cccc2c1nc(C1CC1)n2Cc1cscn1. The van der Waals surface area contributed by atoms with Crippen molar-refractivity contribution in [2.45, 2.75) is 25.3 Å². The number of aromatic nitrogens is 3. The minimum Gasteiger partial charge on any atom is -0.478 e. The second kappa shape index (κ2) is 4.66. The predicted octanol–water partition coefficient (Wildman–Crippen LogP) is 3.12. The summed E-state index contributed by atoms with van der Waals surface area (Å²) in [6.45, 7) is 0.648. The van der Waals surface area contributed by atoms with E-state index >= 15 is 0 Å². The molecule has 0 spiro atoms. The second-order valence-corrected chi connectivity index (χ2v) is 6.01. The summed E-state index contributed by atoms with van der Waals surface area (Å²) in [5.74, 6) is 0.519. The number of para-hydroxylation sites is 1. The van der Waals surface area contributed by atoms with Crippen LogP contribution in [0, 0.1) is 0 Å². The normalized spacial score (nSPS) is 14.7. The van der Waals surface area contributed by atoms with Gasteiger partial charge in [-0.3, -0.25) is 0 Å². The summed E-state index contributed by atoms with van der Waals surface area (Å²) in [4.78, 5) is 20.3. The van der Waals surface area contributed by atoms with Gasteiger partial charge in [-0.05, 0) is 25.0 Å². The van der Waals surface area contributed by atoms with Crippen LogP contribution in [0.3, 0.4) is 0 Å². The third-order valence-corrected chi connectivity index (χ3v) is 4.42. The second-order valence-electron chi connectivity index (χ2n) is 5.29. The molecule has 1 fully saturated rings. The van der Waals surface area contributed by atoms with Crippen LogP contribution in [0.4, 0.5) is 0 Å². The van der Waals surface area contributed by atoms with Crippen molar-refractivity contribution in [2.75, 3.05) is 0 Å². The maximum Gasteiger partial charge on any atom is 0.337 e. The third-order valence-electron chi connectivity index (χ3n) is 3.78. The quantitative estimate of drug-likeness (QED) is 0.803. The zero-order chi connectivity index (χ0) is 14.4. The van der Waals surface area contributed by atoms with Crippen molar-refractivity contribution in [3.8, 4) is 0 Å². The molecule has 0 unspecified atom stereocenters. The highest BCUT2D eigenvalue weighted by Gasteiger charge is 2.30. The molecule has 4 rings (SSSR count). The number of thiazole rings is 1. The van der Waals surface area contributed by atoms with E-state index in [1.807, 2.05) is 17.0 Å². The van der Waals surface area contributed by atoms with E-state index in [1.165, 1.54) is 0 Å². The Kier molecular flexibility index (Phi) is 2.78. The lowest BCUT2D eigenvalue weighted by Crippen LogP contribution is -2.04. The number of hydrogen-bond acceptors (Lipinski definition) is 4. The molecule has 0 radical (unpaired) electrons. The van der Waals surface area contributed by atoms with Crippen molar-refractivity contribution in [3.63, 3.8) is 0 Å². The van der Waals surface area contributed by atoms with Gasteiger partial charge in [0.1, 0.15) is 11.3 Å². The molecular weight excluding hydrogens is 286 g/mol. The van der Waals surface area contributed by atoms with Crippen LogP contribution >= 0.6 is 11.3 Å². The molecule has 0 aliphatic heterocycles. The fourth-order valence-corrected chi connectivity index (χ4v) is 3.18. The molecule has 0 atom stereocenters. The highest BCUT2D eigenvalue weighted by atomic mass is 32.1. The number of carboxylic acids is 1. The fourth-order valence-electron chi connectivity index (χ4n) is 2.63. The molecule has 3 aromatic rings. The first-order valence-electron chi connectivity index (χ1n) is 6.83. The van der Waals surface area contributed by atoms with Gasteiger partial charge in [0.25, 0.3) is 0 Å². The summed E-state index contributed by atoms with van der Waals surface area (Å²) in [5, 5.41) is 11.4. The first-order chi connectivity index (χ1) is 10.2. The Labute approximate surface area is 124 Å². The molecule has 2 aromatic heterocycles. The topological polar surface area (TPSA) is 68.0 Å². The summed E-state index contributed by atoms with van der Waals surface area (Å²) >= 11 is 1.57. The smallest absolute Gasteiger partial charge is 0.337 e. The van der Waals surface area contributed by atoms with E-state index in [4.69, 9.17) is 0 Å². The number of carboxylic acid groups (broad SMARTS) is 1. The fraction of sp³-hybridized carbons (Fsp3) is 0.267. The van der Waals surface area contributed by atoms with Crippen LogP contribution in [0.15, 0.2) is 29.1 Å². The zero-order valence-electron chi connectivity index (χ0n) is 11.2. The Hall–Kier alpha value is -2.21. The van der Waals surface area contributed by atoms with E-state index in [1.54, 1.807) is 23.5 Å². The average Bonchev–Trinajstić information content (AvgIpc) is 3.07. The monoisotopic (exact) mass is 299 g/mol. The number of fused-ring (bicyclic) bond motifs is 1. The summed E-state index contributed by atoms with van der Waals surface area (Å²) in [6, 6.07) is 5.33. The van der Waals surface area contributed by atoms with Crippen LogP contribution in [0.1, 0.15) is 40.6 Å². The van der Waals surface area contributed by atoms with Gasteiger partial charge in [-0.2, -0.15) is 0 Å². The third kappa shape index (κ3) is 2.12. The molecule has 106 valence electrons. The van der Waals surface area contributed by atoms with E-state index in [9.17, 15) is 9.90 Å².